The Labute approximate surface area is 94.5 Å². The summed E-state index contributed by atoms with van der Waals surface area (Å²) >= 11 is 6.05. The molecule has 1 aromatic heterocycles. The molecule has 1 aliphatic heterocycles. The number of hydrogen-bond acceptors (Lipinski definition) is 3. The van der Waals surface area contributed by atoms with Crippen LogP contribution < -0.4 is 4.90 Å². The summed E-state index contributed by atoms with van der Waals surface area (Å²) in [5.74, 6) is 2.60. The van der Waals surface area contributed by atoms with Crippen LogP contribution in [0.1, 0.15) is 19.3 Å². The third kappa shape index (κ3) is 1.59. The Morgan fingerprint density at radius 2 is 1.80 bits per heavy atom. The minimum Gasteiger partial charge on any atom is -0.353 e. The third-order valence-corrected chi connectivity index (χ3v) is 3.93. The molecule has 0 unspecified atom stereocenters. The van der Waals surface area contributed by atoms with Gasteiger partial charge in [-0.05, 0) is 24.7 Å². The molecule has 1 aromatic rings. The van der Waals surface area contributed by atoms with Crippen molar-refractivity contribution in [1.82, 2.24) is 9.97 Å². The van der Waals surface area contributed by atoms with Crippen molar-refractivity contribution >= 4 is 17.4 Å². The molecule has 2 aliphatic rings. The van der Waals surface area contributed by atoms with Crippen LogP contribution in [-0.4, -0.2) is 23.1 Å². The Bertz CT molecular complexity index is 357. The first kappa shape index (κ1) is 9.40. The zero-order chi connectivity index (χ0) is 10.3. The van der Waals surface area contributed by atoms with Gasteiger partial charge in [0.25, 0.3) is 0 Å². The summed E-state index contributed by atoms with van der Waals surface area (Å²) in [7, 11) is 0. The predicted octanol–water partition coefficient (Wildman–Crippen LogP) is 2.37. The van der Waals surface area contributed by atoms with E-state index in [2.05, 4.69) is 14.9 Å². The second-order valence-electron chi connectivity index (χ2n) is 4.53. The second kappa shape index (κ2) is 3.63. The molecule has 15 heavy (non-hydrogen) atoms. The smallest absolute Gasteiger partial charge is 0.171 e. The highest BCUT2D eigenvalue weighted by atomic mass is 35.5. The molecule has 3 nitrogen and oxygen atoms in total. The maximum absolute atomic E-state index is 6.05. The van der Waals surface area contributed by atoms with E-state index in [1.54, 1.807) is 12.4 Å². The molecule has 0 spiro atoms. The van der Waals surface area contributed by atoms with Gasteiger partial charge in [-0.25, -0.2) is 9.97 Å². The van der Waals surface area contributed by atoms with E-state index >= 15 is 0 Å². The fourth-order valence-corrected chi connectivity index (χ4v) is 3.16. The highest BCUT2D eigenvalue weighted by molar-refractivity contribution is 6.31. The number of fused-ring (bicyclic) bond motifs is 1. The molecule has 0 amide bonds. The second-order valence-corrected chi connectivity index (χ2v) is 4.88. The lowest BCUT2D eigenvalue weighted by atomic mass is 10.0. The summed E-state index contributed by atoms with van der Waals surface area (Å²) in [6, 6.07) is 0. The van der Waals surface area contributed by atoms with Gasteiger partial charge in [0.2, 0.25) is 0 Å². The molecule has 0 aromatic carbocycles. The van der Waals surface area contributed by atoms with E-state index in [0.717, 1.165) is 30.7 Å². The van der Waals surface area contributed by atoms with E-state index in [1.807, 2.05) is 0 Å². The van der Waals surface area contributed by atoms with Gasteiger partial charge in [-0.2, -0.15) is 0 Å². The Morgan fingerprint density at radius 1 is 1.13 bits per heavy atom. The van der Waals surface area contributed by atoms with E-state index in [4.69, 9.17) is 11.6 Å². The number of aromatic nitrogens is 2. The molecule has 3 rings (SSSR count). The van der Waals surface area contributed by atoms with Crippen LogP contribution in [0.25, 0.3) is 0 Å². The maximum Gasteiger partial charge on any atom is 0.171 e. The van der Waals surface area contributed by atoms with Crippen LogP contribution in [-0.2, 0) is 0 Å². The monoisotopic (exact) mass is 223 g/mol. The predicted molar refractivity (Wildman–Crippen MR) is 60.1 cm³/mol. The lowest BCUT2D eigenvalue weighted by Gasteiger charge is -2.18. The molecule has 1 saturated heterocycles. The number of anilines is 1. The van der Waals surface area contributed by atoms with E-state index < -0.39 is 0 Å². The van der Waals surface area contributed by atoms with Gasteiger partial charge in [-0.15, -0.1) is 0 Å². The zero-order valence-electron chi connectivity index (χ0n) is 8.56. The minimum absolute atomic E-state index is 0.539. The minimum atomic E-state index is 0.539. The molecule has 0 bridgehead atoms. The highest BCUT2D eigenvalue weighted by Crippen LogP contribution is 2.39. The summed E-state index contributed by atoms with van der Waals surface area (Å²) in [4.78, 5) is 10.7. The zero-order valence-corrected chi connectivity index (χ0v) is 9.32. The summed E-state index contributed by atoms with van der Waals surface area (Å²) in [6.07, 6.45) is 7.51. The van der Waals surface area contributed by atoms with Crippen LogP contribution in [0.3, 0.4) is 0 Å². The fourth-order valence-electron chi connectivity index (χ4n) is 2.93. The summed E-state index contributed by atoms with van der Waals surface area (Å²) < 4.78 is 0. The van der Waals surface area contributed by atoms with Crippen LogP contribution in [0.15, 0.2) is 12.4 Å². The SMILES string of the molecule is Clc1nccnc1N1C[C@H]2CCC[C@H]2C1. The first-order valence-electron chi connectivity index (χ1n) is 5.56. The molecular formula is C11H14ClN3. The summed E-state index contributed by atoms with van der Waals surface area (Å²) in [6.45, 7) is 2.23. The van der Waals surface area contributed by atoms with Gasteiger partial charge in [-0.1, -0.05) is 18.0 Å². The van der Waals surface area contributed by atoms with Crippen molar-refractivity contribution in [3.8, 4) is 0 Å². The molecule has 80 valence electrons. The lowest BCUT2D eigenvalue weighted by molar-refractivity contribution is 0.494. The van der Waals surface area contributed by atoms with Crippen molar-refractivity contribution in [2.24, 2.45) is 11.8 Å². The van der Waals surface area contributed by atoms with E-state index in [1.165, 1.54) is 19.3 Å². The molecule has 0 radical (unpaired) electrons. The molecular weight excluding hydrogens is 210 g/mol. The Balaban J connectivity index is 1.82. The first-order valence-corrected chi connectivity index (χ1v) is 5.94. The van der Waals surface area contributed by atoms with Crippen LogP contribution in [0, 0.1) is 11.8 Å². The van der Waals surface area contributed by atoms with Crippen molar-refractivity contribution < 1.29 is 0 Å². The number of hydrogen-bond donors (Lipinski definition) is 0. The molecule has 2 heterocycles. The van der Waals surface area contributed by atoms with Gasteiger partial charge in [0.15, 0.2) is 11.0 Å². The van der Waals surface area contributed by atoms with Gasteiger partial charge in [0.1, 0.15) is 0 Å². The van der Waals surface area contributed by atoms with E-state index in [9.17, 15) is 0 Å². The van der Waals surface area contributed by atoms with Crippen molar-refractivity contribution in [2.45, 2.75) is 19.3 Å². The average Bonchev–Trinajstić information content (AvgIpc) is 2.77. The number of nitrogens with zero attached hydrogens (tertiary/aromatic N) is 3. The Morgan fingerprint density at radius 3 is 2.47 bits per heavy atom. The molecule has 1 aliphatic carbocycles. The van der Waals surface area contributed by atoms with Crippen LogP contribution in [0.2, 0.25) is 5.15 Å². The third-order valence-electron chi connectivity index (χ3n) is 3.66. The standard InChI is InChI=1S/C11H14ClN3/c12-10-11(14-5-4-13-10)15-6-8-2-1-3-9(8)7-15/h4-5,8-9H,1-3,6-7H2/t8-,9+. The summed E-state index contributed by atoms with van der Waals surface area (Å²) in [5.41, 5.74) is 0. The van der Waals surface area contributed by atoms with Crippen molar-refractivity contribution in [3.63, 3.8) is 0 Å². The molecule has 2 atom stereocenters. The van der Waals surface area contributed by atoms with Crippen LogP contribution in [0.4, 0.5) is 5.82 Å². The number of rotatable bonds is 1. The van der Waals surface area contributed by atoms with E-state index in [0.29, 0.717) is 5.15 Å². The Hall–Kier alpha value is -0.830. The fraction of sp³-hybridized carbons (Fsp3) is 0.636. The molecule has 2 fully saturated rings. The van der Waals surface area contributed by atoms with Gasteiger partial charge >= 0.3 is 0 Å². The van der Waals surface area contributed by atoms with Crippen LogP contribution >= 0.6 is 11.6 Å². The summed E-state index contributed by atoms with van der Waals surface area (Å²) in [5, 5.41) is 0.539. The Kier molecular flexibility index (Phi) is 2.28. The molecule has 4 heteroatoms. The normalized spacial score (nSPS) is 29.5. The molecule has 0 N–H and O–H groups in total. The highest BCUT2D eigenvalue weighted by Gasteiger charge is 2.37. The topological polar surface area (TPSA) is 29.0 Å². The van der Waals surface area contributed by atoms with E-state index in [-0.39, 0.29) is 0 Å². The quantitative estimate of drug-likeness (QED) is 0.732. The van der Waals surface area contributed by atoms with Gasteiger partial charge in [0, 0.05) is 25.5 Å². The van der Waals surface area contributed by atoms with Gasteiger partial charge in [0.05, 0.1) is 0 Å². The van der Waals surface area contributed by atoms with Gasteiger partial charge in [-0.3, -0.25) is 0 Å². The average molecular weight is 224 g/mol. The molecule has 1 saturated carbocycles. The largest absolute Gasteiger partial charge is 0.353 e. The first-order chi connectivity index (χ1) is 7.34. The lowest BCUT2D eigenvalue weighted by Crippen LogP contribution is -2.22. The van der Waals surface area contributed by atoms with Crippen molar-refractivity contribution in [3.05, 3.63) is 17.5 Å². The van der Waals surface area contributed by atoms with Crippen LogP contribution in [0.5, 0.6) is 0 Å². The van der Waals surface area contributed by atoms with Crippen molar-refractivity contribution in [2.75, 3.05) is 18.0 Å². The number of halogens is 1. The van der Waals surface area contributed by atoms with Gasteiger partial charge < -0.3 is 4.90 Å². The maximum atomic E-state index is 6.05. The van der Waals surface area contributed by atoms with Crippen molar-refractivity contribution in [1.29, 1.82) is 0 Å².